The first-order valence-electron chi connectivity index (χ1n) is 10.1. The number of aromatic nitrogens is 3. The fourth-order valence-corrected chi connectivity index (χ4v) is 4.42. The van der Waals surface area contributed by atoms with Crippen LogP contribution in [0.1, 0.15) is 12.8 Å². The Morgan fingerprint density at radius 1 is 1.34 bits per heavy atom. The number of hydrogen-bond donors (Lipinski definition) is 2. The zero-order chi connectivity index (χ0) is 22.9. The topological polar surface area (TPSA) is 77.2 Å². The standard InChI is InChI=1S/C21H22ClF3N6O/c1-30(20-15-7-8-26-19(15)28-12-29-20)16-6-3-9-31(18(16)21(23,24)25)17(32)11-27-14-5-2-4-13(22)10-14/h2,4-5,7-8,10,12,16,18,27H,3,6,9,11H2,1H3,(H,26,28,29). The van der Waals surface area contributed by atoms with Gasteiger partial charge in [0, 0.05) is 30.5 Å². The molecule has 3 heterocycles. The summed E-state index contributed by atoms with van der Waals surface area (Å²) in [5.41, 5.74) is 1.11. The normalized spacial score (nSPS) is 19.2. The lowest BCUT2D eigenvalue weighted by atomic mass is 9.93. The van der Waals surface area contributed by atoms with Crippen LogP contribution >= 0.6 is 11.6 Å². The SMILES string of the molecule is CN(c1ncnc2[nH]ccc12)C1CCCN(C(=O)CNc2cccc(Cl)c2)C1C(F)(F)F. The Morgan fingerprint density at radius 3 is 2.91 bits per heavy atom. The van der Waals surface area contributed by atoms with Gasteiger partial charge in [-0.2, -0.15) is 13.2 Å². The molecule has 0 spiro atoms. The number of alkyl halides is 3. The summed E-state index contributed by atoms with van der Waals surface area (Å²) in [4.78, 5) is 26.6. The van der Waals surface area contributed by atoms with Crippen LogP contribution in [0.15, 0.2) is 42.9 Å². The summed E-state index contributed by atoms with van der Waals surface area (Å²) in [5, 5.41) is 3.97. The van der Waals surface area contributed by atoms with Gasteiger partial charge in [0.15, 0.2) is 0 Å². The van der Waals surface area contributed by atoms with Crippen molar-refractivity contribution >= 4 is 40.0 Å². The molecule has 2 N–H and O–H groups in total. The maximum atomic E-state index is 14.3. The minimum Gasteiger partial charge on any atom is -0.376 e. The number of carbonyl (C=O) groups is 1. The van der Waals surface area contributed by atoms with E-state index in [2.05, 4.69) is 20.3 Å². The second-order valence-corrected chi connectivity index (χ2v) is 8.13. The summed E-state index contributed by atoms with van der Waals surface area (Å²) in [6, 6.07) is 5.47. The molecule has 1 aliphatic heterocycles. The molecule has 2 aromatic heterocycles. The van der Waals surface area contributed by atoms with Crippen LogP contribution in [0.2, 0.25) is 5.02 Å². The highest BCUT2D eigenvalue weighted by Crippen LogP contribution is 2.36. The number of likely N-dealkylation sites (N-methyl/N-ethyl adjacent to an activating group) is 1. The Bertz CT molecular complexity index is 1100. The monoisotopic (exact) mass is 466 g/mol. The lowest BCUT2D eigenvalue weighted by Gasteiger charge is -2.45. The van der Waals surface area contributed by atoms with E-state index in [1.165, 1.54) is 11.2 Å². The van der Waals surface area contributed by atoms with Gasteiger partial charge in [0.2, 0.25) is 5.91 Å². The van der Waals surface area contributed by atoms with Gasteiger partial charge in [0.25, 0.3) is 0 Å². The fraction of sp³-hybridized carbons (Fsp3) is 0.381. The van der Waals surface area contributed by atoms with Crippen molar-refractivity contribution in [2.45, 2.75) is 31.1 Å². The zero-order valence-corrected chi connectivity index (χ0v) is 18.0. The number of piperidine rings is 1. The van der Waals surface area contributed by atoms with E-state index in [9.17, 15) is 18.0 Å². The number of nitrogens with one attached hydrogen (secondary N) is 2. The lowest BCUT2D eigenvalue weighted by Crippen LogP contribution is -2.63. The van der Waals surface area contributed by atoms with Gasteiger partial charge >= 0.3 is 6.18 Å². The van der Waals surface area contributed by atoms with Crippen molar-refractivity contribution in [3.05, 3.63) is 47.9 Å². The molecule has 1 aromatic carbocycles. The minimum atomic E-state index is -4.60. The maximum Gasteiger partial charge on any atom is 0.410 e. The van der Waals surface area contributed by atoms with E-state index in [0.717, 1.165) is 4.90 Å². The molecular formula is C21H22ClF3N6O. The Hall–Kier alpha value is -3.01. The molecule has 11 heteroatoms. The molecule has 1 amide bonds. The van der Waals surface area contributed by atoms with Crippen LogP contribution in [0.5, 0.6) is 0 Å². The summed E-state index contributed by atoms with van der Waals surface area (Å²) >= 11 is 5.94. The Morgan fingerprint density at radius 2 is 2.16 bits per heavy atom. The largest absolute Gasteiger partial charge is 0.410 e. The molecule has 1 saturated heterocycles. The molecule has 0 aliphatic carbocycles. The number of H-pyrrole nitrogens is 1. The smallest absolute Gasteiger partial charge is 0.376 e. The van der Waals surface area contributed by atoms with Crippen LogP contribution in [0.3, 0.4) is 0 Å². The van der Waals surface area contributed by atoms with Crippen LogP contribution in [0.4, 0.5) is 24.7 Å². The molecule has 1 aliphatic rings. The number of halogens is 4. The Balaban J connectivity index is 1.58. The molecule has 32 heavy (non-hydrogen) atoms. The third-order valence-corrected chi connectivity index (χ3v) is 5.92. The van der Waals surface area contributed by atoms with Gasteiger partial charge in [0.05, 0.1) is 18.0 Å². The lowest BCUT2D eigenvalue weighted by molar-refractivity contribution is -0.199. The number of fused-ring (bicyclic) bond motifs is 1. The number of benzene rings is 1. The summed E-state index contributed by atoms with van der Waals surface area (Å²) in [5.74, 6) is -0.235. The van der Waals surface area contributed by atoms with Crippen molar-refractivity contribution in [1.82, 2.24) is 19.9 Å². The number of nitrogens with zero attached hydrogens (tertiary/aromatic N) is 4. The van der Waals surface area contributed by atoms with E-state index >= 15 is 0 Å². The van der Waals surface area contributed by atoms with Gasteiger partial charge in [-0.3, -0.25) is 4.79 Å². The second-order valence-electron chi connectivity index (χ2n) is 7.70. The molecule has 7 nitrogen and oxygen atoms in total. The number of hydrogen-bond acceptors (Lipinski definition) is 5. The minimum absolute atomic E-state index is 0.0356. The number of carbonyl (C=O) groups excluding carboxylic acids is 1. The molecule has 170 valence electrons. The number of aromatic amines is 1. The number of anilines is 2. The molecule has 0 bridgehead atoms. The van der Waals surface area contributed by atoms with Crippen LogP contribution in [-0.4, -0.2) is 64.2 Å². The van der Waals surface area contributed by atoms with Gasteiger partial charge in [-0.1, -0.05) is 17.7 Å². The Kier molecular flexibility index (Phi) is 6.14. The van der Waals surface area contributed by atoms with Crippen LogP contribution in [-0.2, 0) is 4.79 Å². The number of rotatable bonds is 5. The van der Waals surface area contributed by atoms with Gasteiger partial charge in [-0.05, 0) is 37.1 Å². The van der Waals surface area contributed by atoms with Gasteiger partial charge < -0.3 is 20.1 Å². The summed E-state index contributed by atoms with van der Waals surface area (Å²) in [6.07, 6.45) is -0.895. The van der Waals surface area contributed by atoms with Crippen molar-refractivity contribution in [2.75, 3.05) is 30.4 Å². The molecule has 0 saturated carbocycles. The van der Waals surface area contributed by atoms with Gasteiger partial charge in [-0.15, -0.1) is 0 Å². The van der Waals surface area contributed by atoms with Gasteiger partial charge in [-0.25, -0.2) is 9.97 Å². The first-order valence-corrected chi connectivity index (χ1v) is 10.5. The van der Waals surface area contributed by atoms with E-state index in [4.69, 9.17) is 11.6 Å². The average Bonchev–Trinajstić information content (AvgIpc) is 3.25. The van der Waals surface area contributed by atoms with Crippen LogP contribution in [0, 0.1) is 0 Å². The summed E-state index contributed by atoms with van der Waals surface area (Å²) < 4.78 is 42.8. The maximum absolute atomic E-state index is 14.3. The number of amides is 1. The molecule has 4 rings (SSSR count). The highest BCUT2D eigenvalue weighted by atomic mass is 35.5. The van der Waals surface area contributed by atoms with Crippen molar-refractivity contribution in [3.63, 3.8) is 0 Å². The fourth-order valence-electron chi connectivity index (χ4n) is 4.23. The van der Waals surface area contributed by atoms with E-state index < -0.39 is 24.2 Å². The molecule has 0 radical (unpaired) electrons. The molecule has 1 fully saturated rings. The predicted octanol–water partition coefficient (Wildman–Crippen LogP) is 4.08. The molecule has 2 atom stereocenters. The Labute approximate surface area is 187 Å². The first kappa shape index (κ1) is 22.2. The van der Waals surface area contributed by atoms with Gasteiger partial charge in [0.1, 0.15) is 23.8 Å². The molecule has 3 aromatic rings. The average molecular weight is 467 g/mol. The van der Waals surface area contributed by atoms with E-state index in [0.29, 0.717) is 34.0 Å². The van der Waals surface area contributed by atoms with Crippen molar-refractivity contribution in [3.8, 4) is 0 Å². The zero-order valence-electron chi connectivity index (χ0n) is 17.2. The third kappa shape index (κ3) is 4.45. The van der Waals surface area contributed by atoms with E-state index in [-0.39, 0.29) is 19.5 Å². The molecular weight excluding hydrogens is 445 g/mol. The van der Waals surface area contributed by atoms with E-state index in [1.807, 2.05) is 0 Å². The van der Waals surface area contributed by atoms with Crippen molar-refractivity contribution in [1.29, 1.82) is 0 Å². The first-order chi connectivity index (χ1) is 15.3. The van der Waals surface area contributed by atoms with Crippen LogP contribution in [0.25, 0.3) is 11.0 Å². The van der Waals surface area contributed by atoms with Crippen molar-refractivity contribution in [2.24, 2.45) is 0 Å². The summed E-state index contributed by atoms with van der Waals surface area (Å²) in [6.45, 7) is -0.229. The van der Waals surface area contributed by atoms with Crippen LogP contribution < -0.4 is 10.2 Å². The highest BCUT2D eigenvalue weighted by molar-refractivity contribution is 6.30. The number of likely N-dealkylation sites (tertiary alicyclic amines) is 1. The summed E-state index contributed by atoms with van der Waals surface area (Å²) in [7, 11) is 1.58. The quantitative estimate of drug-likeness (QED) is 0.592. The van der Waals surface area contributed by atoms with Crippen molar-refractivity contribution < 1.29 is 18.0 Å². The third-order valence-electron chi connectivity index (χ3n) is 5.69. The molecule has 2 unspecified atom stereocenters. The van der Waals surface area contributed by atoms with E-state index in [1.54, 1.807) is 43.6 Å². The highest BCUT2D eigenvalue weighted by Gasteiger charge is 2.52. The predicted molar refractivity (Wildman–Crippen MR) is 117 cm³/mol. The second kappa shape index (κ2) is 8.85.